The number of rotatable bonds is 6. The molecule has 0 bridgehead atoms. The van der Waals surface area contributed by atoms with Crippen LogP contribution in [-0.2, 0) is 11.8 Å². The fourth-order valence-corrected chi connectivity index (χ4v) is 3.23. The maximum atomic E-state index is 13.2. The Bertz CT molecular complexity index is 926. The summed E-state index contributed by atoms with van der Waals surface area (Å²) in [6, 6.07) is 8.61. The molecule has 0 spiro atoms. The van der Waals surface area contributed by atoms with Crippen molar-refractivity contribution in [2.75, 3.05) is 6.61 Å². The van der Waals surface area contributed by atoms with Gasteiger partial charge in [-0.25, -0.2) is 4.39 Å². The lowest BCUT2D eigenvalue weighted by Crippen LogP contribution is -2.26. The van der Waals surface area contributed by atoms with Gasteiger partial charge in [-0.2, -0.15) is 0 Å². The highest BCUT2D eigenvalue weighted by Crippen LogP contribution is 2.33. The van der Waals surface area contributed by atoms with E-state index in [2.05, 4.69) is 28.4 Å². The number of hydrogen-bond donors (Lipinski definition) is 0. The zero-order chi connectivity index (χ0) is 18.3. The molecule has 2 heterocycles. The normalized spacial score (nSPS) is 14.8. The van der Waals surface area contributed by atoms with Gasteiger partial charge < -0.3 is 4.74 Å². The van der Waals surface area contributed by atoms with E-state index in [-0.39, 0.29) is 11.2 Å². The van der Waals surface area contributed by atoms with Gasteiger partial charge in [0, 0.05) is 23.6 Å². The lowest BCUT2D eigenvalue weighted by Gasteiger charge is -2.26. The molecule has 1 fully saturated rings. The second-order valence-corrected chi connectivity index (χ2v) is 7.94. The summed E-state index contributed by atoms with van der Waals surface area (Å²) in [6.07, 6.45) is 5.60. The van der Waals surface area contributed by atoms with Crippen LogP contribution in [0.15, 0.2) is 36.5 Å². The molecule has 5 heteroatoms. The van der Waals surface area contributed by atoms with Crippen LogP contribution in [0.2, 0.25) is 0 Å². The molecule has 1 aliphatic carbocycles. The third kappa shape index (κ3) is 3.30. The minimum Gasteiger partial charge on any atom is -0.492 e. The highest BCUT2D eigenvalue weighted by atomic mass is 19.1. The van der Waals surface area contributed by atoms with E-state index in [0.717, 1.165) is 40.7 Å². The van der Waals surface area contributed by atoms with Gasteiger partial charge in [-0.05, 0) is 49.4 Å². The second kappa shape index (κ2) is 6.38. The number of benzene rings is 1. The maximum Gasteiger partial charge on any atom is 0.167 e. The van der Waals surface area contributed by atoms with E-state index in [1.165, 1.54) is 25.0 Å². The summed E-state index contributed by atoms with van der Waals surface area (Å²) in [4.78, 5) is 0. The lowest BCUT2D eigenvalue weighted by atomic mass is 9.85. The smallest absolute Gasteiger partial charge is 0.167 e. The van der Waals surface area contributed by atoms with E-state index in [1.807, 2.05) is 31.3 Å². The Balaban J connectivity index is 1.53. The Hall–Kier alpha value is -2.43. The topological polar surface area (TPSA) is 39.4 Å². The fourth-order valence-electron chi connectivity index (χ4n) is 3.23. The number of halogens is 1. The SMILES string of the molecule is Cc1c(OCC(C)(C)c2ccc(F)cc2)ccn2c(CC3CC3)nnc12. The van der Waals surface area contributed by atoms with Crippen LogP contribution in [0.25, 0.3) is 5.65 Å². The molecule has 136 valence electrons. The van der Waals surface area contributed by atoms with Crippen LogP contribution in [0, 0.1) is 18.7 Å². The highest BCUT2D eigenvalue weighted by molar-refractivity contribution is 5.54. The molecule has 0 saturated heterocycles. The van der Waals surface area contributed by atoms with Gasteiger partial charge in [0.15, 0.2) is 5.65 Å². The third-order valence-electron chi connectivity index (χ3n) is 5.23. The summed E-state index contributed by atoms with van der Waals surface area (Å²) in [5, 5.41) is 8.73. The summed E-state index contributed by atoms with van der Waals surface area (Å²) in [5.41, 5.74) is 2.68. The van der Waals surface area contributed by atoms with Crippen LogP contribution in [0.5, 0.6) is 5.75 Å². The van der Waals surface area contributed by atoms with Gasteiger partial charge in [0.2, 0.25) is 0 Å². The monoisotopic (exact) mass is 353 g/mol. The number of aryl methyl sites for hydroxylation is 1. The fraction of sp³-hybridized carbons (Fsp3) is 0.429. The molecular weight excluding hydrogens is 329 g/mol. The van der Waals surface area contributed by atoms with Crippen LogP contribution in [0.1, 0.15) is 43.6 Å². The number of nitrogens with zero attached hydrogens (tertiary/aromatic N) is 3. The van der Waals surface area contributed by atoms with Crippen molar-refractivity contribution < 1.29 is 9.13 Å². The van der Waals surface area contributed by atoms with E-state index in [4.69, 9.17) is 4.74 Å². The molecule has 26 heavy (non-hydrogen) atoms. The summed E-state index contributed by atoms with van der Waals surface area (Å²) in [5.74, 6) is 2.40. The van der Waals surface area contributed by atoms with Crippen molar-refractivity contribution in [2.24, 2.45) is 5.92 Å². The van der Waals surface area contributed by atoms with E-state index in [1.54, 1.807) is 0 Å². The van der Waals surface area contributed by atoms with Gasteiger partial charge in [-0.15, -0.1) is 10.2 Å². The molecule has 3 aromatic rings. The molecule has 0 atom stereocenters. The summed E-state index contributed by atoms with van der Waals surface area (Å²) >= 11 is 0. The standard InChI is InChI=1S/C21H24FN3O/c1-14-18(26-13-21(2,3)16-6-8-17(22)9-7-16)10-11-25-19(12-15-4-5-15)23-24-20(14)25/h6-11,15H,4-5,12-13H2,1-3H3. The zero-order valence-electron chi connectivity index (χ0n) is 15.5. The molecule has 4 rings (SSSR count). The summed E-state index contributed by atoms with van der Waals surface area (Å²) < 4.78 is 21.4. The first-order valence-corrected chi connectivity index (χ1v) is 9.16. The van der Waals surface area contributed by atoms with Crippen LogP contribution < -0.4 is 4.74 Å². The van der Waals surface area contributed by atoms with Crippen LogP contribution in [0.4, 0.5) is 4.39 Å². The van der Waals surface area contributed by atoms with Crippen LogP contribution >= 0.6 is 0 Å². The molecule has 2 aromatic heterocycles. The van der Waals surface area contributed by atoms with Gasteiger partial charge in [-0.3, -0.25) is 4.40 Å². The van der Waals surface area contributed by atoms with E-state index < -0.39 is 0 Å². The van der Waals surface area contributed by atoms with E-state index in [0.29, 0.717) is 6.61 Å². The molecule has 0 N–H and O–H groups in total. The van der Waals surface area contributed by atoms with Crippen LogP contribution in [-0.4, -0.2) is 21.2 Å². The molecule has 1 aromatic carbocycles. The molecule has 4 nitrogen and oxygen atoms in total. The molecule has 0 radical (unpaired) electrons. The van der Waals surface area contributed by atoms with Gasteiger partial charge in [0.1, 0.15) is 17.4 Å². The highest BCUT2D eigenvalue weighted by Gasteiger charge is 2.25. The zero-order valence-corrected chi connectivity index (χ0v) is 15.5. The van der Waals surface area contributed by atoms with Gasteiger partial charge in [0.05, 0.1) is 6.61 Å². The molecular formula is C21H24FN3O. The minimum absolute atomic E-state index is 0.222. The van der Waals surface area contributed by atoms with Crippen molar-refractivity contribution in [3.63, 3.8) is 0 Å². The van der Waals surface area contributed by atoms with Crippen molar-refractivity contribution in [3.05, 3.63) is 59.3 Å². The van der Waals surface area contributed by atoms with Gasteiger partial charge in [-0.1, -0.05) is 26.0 Å². The van der Waals surface area contributed by atoms with Crippen molar-refractivity contribution in [2.45, 2.75) is 45.4 Å². The molecule has 0 amide bonds. The van der Waals surface area contributed by atoms with E-state index >= 15 is 0 Å². The third-order valence-corrected chi connectivity index (χ3v) is 5.23. The van der Waals surface area contributed by atoms with Gasteiger partial charge in [0.25, 0.3) is 0 Å². The predicted molar refractivity (Wildman–Crippen MR) is 99.1 cm³/mol. The molecule has 0 unspecified atom stereocenters. The van der Waals surface area contributed by atoms with E-state index in [9.17, 15) is 4.39 Å². The number of ether oxygens (including phenoxy) is 1. The van der Waals surface area contributed by atoms with Crippen molar-refractivity contribution in [1.29, 1.82) is 0 Å². The number of hydrogen-bond acceptors (Lipinski definition) is 3. The number of aromatic nitrogens is 3. The Morgan fingerprint density at radius 1 is 1.15 bits per heavy atom. The van der Waals surface area contributed by atoms with Crippen molar-refractivity contribution >= 4 is 5.65 Å². The molecule has 0 aliphatic heterocycles. The molecule has 1 aliphatic rings. The average Bonchev–Trinajstić information content (AvgIpc) is 3.33. The lowest BCUT2D eigenvalue weighted by molar-refractivity contribution is 0.239. The Kier molecular flexibility index (Phi) is 4.17. The van der Waals surface area contributed by atoms with Crippen molar-refractivity contribution in [3.8, 4) is 5.75 Å². The number of fused-ring (bicyclic) bond motifs is 1. The van der Waals surface area contributed by atoms with Crippen LogP contribution in [0.3, 0.4) is 0 Å². The first kappa shape index (κ1) is 17.0. The Morgan fingerprint density at radius 3 is 2.58 bits per heavy atom. The summed E-state index contributed by atoms with van der Waals surface area (Å²) in [7, 11) is 0. The Labute approximate surface area is 153 Å². The second-order valence-electron chi connectivity index (χ2n) is 7.94. The average molecular weight is 353 g/mol. The first-order chi connectivity index (χ1) is 12.4. The minimum atomic E-state index is -0.225. The quantitative estimate of drug-likeness (QED) is 0.656. The van der Waals surface area contributed by atoms with Gasteiger partial charge >= 0.3 is 0 Å². The van der Waals surface area contributed by atoms with Crippen molar-refractivity contribution in [1.82, 2.24) is 14.6 Å². The Morgan fingerprint density at radius 2 is 1.88 bits per heavy atom. The first-order valence-electron chi connectivity index (χ1n) is 9.16. The number of pyridine rings is 1. The summed E-state index contributed by atoms with van der Waals surface area (Å²) in [6.45, 7) is 6.71. The predicted octanol–water partition coefficient (Wildman–Crippen LogP) is 4.49. The molecule has 1 saturated carbocycles. The largest absolute Gasteiger partial charge is 0.492 e. The maximum absolute atomic E-state index is 13.2.